The summed E-state index contributed by atoms with van der Waals surface area (Å²) < 4.78 is 46.0. The van der Waals surface area contributed by atoms with E-state index in [0.717, 1.165) is 37.3 Å². The molecule has 2 aliphatic rings. The lowest BCUT2D eigenvalue weighted by atomic mass is 9.80. The fourth-order valence-electron chi connectivity index (χ4n) is 4.82. The Bertz CT molecular complexity index is 1120. The number of amidine groups is 1. The van der Waals surface area contributed by atoms with E-state index in [-0.39, 0.29) is 11.7 Å². The first-order valence-corrected chi connectivity index (χ1v) is 11.2. The number of halogens is 3. The minimum absolute atomic E-state index is 0.0316. The lowest BCUT2D eigenvalue weighted by Crippen LogP contribution is -2.57. The molecule has 0 aliphatic carbocycles. The van der Waals surface area contributed by atoms with Crippen LogP contribution < -0.4 is 26.8 Å². The van der Waals surface area contributed by atoms with E-state index in [1.54, 1.807) is 21.0 Å². The van der Waals surface area contributed by atoms with Gasteiger partial charge in [0.25, 0.3) is 0 Å². The minimum Gasteiger partial charge on any atom is -0.495 e. The van der Waals surface area contributed by atoms with Gasteiger partial charge >= 0.3 is 6.18 Å². The van der Waals surface area contributed by atoms with E-state index in [1.165, 1.54) is 6.07 Å². The highest BCUT2D eigenvalue weighted by molar-refractivity contribution is 5.87. The molecular weight excluding hydrogens is 445 g/mol. The van der Waals surface area contributed by atoms with Crippen molar-refractivity contribution in [1.29, 1.82) is 0 Å². The summed E-state index contributed by atoms with van der Waals surface area (Å²) in [5.41, 5.74) is 13.2. The third kappa shape index (κ3) is 4.52. The number of aliphatic imine (C=N–C) groups is 1. The van der Waals surface area contributed by atoms with Gasteiger partial charge in [-0.25, -0.2) is 4.99 Å². The molecule has 2 heterocycles. The van der Waals surface area contributed by atoms with Crippen molar-refractivity contribution in [3.8, 4) is 5.75 Å². The number of nitrogens with two attached hydrogens (primary N) is 2. The van der Waals surface area contributed by atoms with Gasteiger partial charge in [0.1, 0.15) is 17.2 Å². The van der Waals surface area contributed by atoms with Crippen LogP contribution in [0.2, 0.25) is 0 Å². The lowest BCUT2D eigenvalue weighted by Gasteiger charge is -2.41. The first kappa shape index (κ1) is 24.2. The van der Waals surface area contributed by atoms with Crippen molar-refractivity contribution in [3.05, 3.63) is 47.0 Å². The van der Waals surface area contributed by atoms with Gasteiger partial charge in [-0.2, -0.15) is 13.2 Å². The standard InChI is InChI=1S/C24H31F3N6O/c1-13(15-7-16(24(25,26)27)9-17(28)8-15)23(29)19-10-21(31-18-5-6-33(3)12-18)22(34-4)11-20(19)30-14(2)32-23/h7-11,13,18,31H,5-6,12,28-29H2,1-4H3,(H,30,32)/t13-,18+,23?/m1/s1. The minimum atomic E-state index is -4.51. The van der Waals surface area contributed by atoms with Crippen molar-refractivity contribution in [1.82, 2.24) is 10.2 Å². The highest BCUT2D eigenvalue weighted by Gasteiger charge is 2.41. The third-order valence-electron chi connectivity index (χ3n) is 6.68. The summed E-state index contributed by atoms with van der Waals surface area (Å²) in [6.07, 6.45) is -3.53. The van der Waals surface area contributed by atoms with E-state index in [0.29, 0.717) is 28.4 Å². The number of ether oxygens (including phenoxy) is 1. The van der Waals surface area contributed by atoms with E-state index >= 15 is 0 Å². The van der Waals surface area contributed by atoms with Crippen LogP contribution in [-0.4, -0.2) is 44.0 Å². The summed E-state index contributed by atoms with van der Waals surface area (Å²) in [5.74, 6) is 0.618. The molecule has 10 heteroatoms. The van der Waals surface area contributed by atoms with E-state index < -0.39 is 23.3 Å². The molecule has 2 aliphatic heterocycles. The molecule has 7 nitrogen and oxygen atoms in total. The average molecular weight is 477 g/mol. The van der Waals surface area contributed by atoms with Gasteiger partial charge in [0.2, 0.25) is 0 Å². The SMILES string of the molecule is COc1cc2c(cc1N[C@H]1CCN(C)C1)C(N)([C@H](C)c1cc(N)cc(C(F)(F)F)c1)NC(C)=N2. The molecule has 2 aromatic carbocycles. The monoisotopic (exact) mass is 476 g/mol. The molecule has 6 N–H and O–H groups in total. The smallest absolute Gasteiger partial charge is 0.416 e. The van der Waals surface area contributed by atoms with Crippen LogP contribution in [0.5, 0.6) is 5.75 Å². The van der Waals surface area contributed by atoms with E-state index in [2.05, 4.69) is 27.6 Å². The van der Waals surface area contributed by atoms with Gasteiger partial charge in [0.15, 0.2) is 0 Å². The molecule has 0 saturated carbocycles. The highest BCUT2D eigenvalue weighted by Crippen LogP contribution is 2.45. The zero-order valence-corrected chi connectivity index (χ0v) is 19.8. The van der Waals surface area contributed by atoms with Crippen LogP contribution in [0.1, 0.15) is 42.9 Å². The van der Waals surface area contributed by atoms with Gasteiger partial charge in [0.05, 0.1) is 24.0 Å². The molecular formula is C24H31F3N6O. The quantitative estimate of drug-likeness (QED) is 0.487. The molecule has 1 unspecified atom stereocenters. The average Bonchev–Trinajstić information content (AvgIpc) is 3.16. The number of alkyl halides is 3. The number of hydrogen-bond donors (Lipinski definition) is 4. The molecule has 1 fully saturated rings. The molecule has 184 valence electrons. The number of likely N-dealkylation sites (N-methyl/N-ethyl adjacent to an activating group) is 1. The van der Waals surface area contributed by atoms with Crippen LogP contribution in [0, 0.1) is 0 Å². The molecule has 1 saturated heterocycles. The molecule has 3 atom stereocenters. The Morgan fingerprint density at radius 2 is 2.00 bits per heavy atom. The molecule has 2 aromatic rings. The second kappa shape index (κ2) is 8.66. The first-order chi connectivity index (χ1) is 15.9. The second-order valence-corrected chi connectivity index (χ2v) is 9.26. The van der Waals surface area contributed by atoms with E-state index in [1.807, 2.05) is 12.1 Å². The predicted molar refractivity (Wildman–Crippen MR) is 129 cm³/mol. The second-order valence-electron chi connectivity index (χ2n) is 9.26. The lowest BCUT2D eigenvalue weighted by molar-refractivity contribution is -0.137. The highest BCUT2D eigenvalue weighted by atomic mass is 19.4. The number of nitrogens with one attached hydrogen (secondary N) is 2. The summed E-state index contributed by atoms with van der Waals surface area (Å²) in [5, 5.41) is 6.76. The Kier molecular flexibility index (Phi) is 6.15. The number of nitrogen functional groups attached to an aromatic ring is 1. The Hall–Kier alpha value is -2.98. The number of hydrogen-bond acceptors (Lipinski definition) is 7. The summed E-state index contributed by atoms with van der Waals surface area (Å²) in [7, 11) is 3.66. The number of rotatable bonds is 5. The zero-order valence-electron chi connectivity index (χ0n) is 19.8. The molecule has 0 amide bonds. The summed E-state index contributed by atoms with van der Waals surface area (Å²) in [4.78, 5) is 6.83. The fourth-order valence-corrected chi connectivity index (χ4v) is 4.82. The van der Waals surface area contributed by atoms with Crippen LogP contribution in [0.3, 0.4) is 0 Å². The van der Waals surface area contributed by atoms with Gasteiger partial charge in [0, 0.05) is 35.8 Å². The molecule has 0 radical (unpaired) electrons. The van der Waals surface area contributed by atoms with E-state index in [4.69, 9.17) is 16.2 Å². The number of fused-ring (bicyclic) bond motifs is 1. The number of methoxy groups -OCH3 is 1. The predicted octanol–water partition coefficient (Wildman–Crippen LogP) is 3.98. The van der Waals surface area contributed by atoms with Crippen LogP contribution >= 0.6 is 0 Å². The van der Waals surface area contributed by atoms with Gasteiger partial charge < -0.3 is 31.7 Å². The zero-order chi connectivity index (χ0) is 24.8. The maximum absolute atomic E-state index is 13.5. The Labute approximate surface area is 197 Å². The summed E-state index contributed by atoms with van der Waals surface area (Å²) >= 11 is 0. The fraction of sp³-hybridized carbons (Fsp3) is 0.458. The first-order valence-electron chi connectivity index (χ1n) is 11.2. The van der Waals surface area contributed by atoms with Gasteiger partial charge in [-0.1, -0.05) is 6.92 Å². The van der Waals surface area contributed by atoms with Crippen LogP contribution in [0.4, 0.5) is 30.2 Å². The number of benzene rings is 2. The van der Waals surface area contributed by atoms with Gasteiger partial charge in [-0.05, 0) is 56.8 Å². The van der Waals surface area contributed by atoms with Crippen molar-refractivity contribution in [2.45, 2.75) is 44.1 Å². The van der Waals surface area contributed by atoms with Gasteiger partial charge in [-0.15, -0.1) is 0 Å². The van der Waals surface area contributed by atoms with Crippen molar-refractivity contribution in [2.75, 3.05) is 38.3 Å². The largest absolute Gasteiger partial charge is 0.495 e. The van der Waals surface area contributed by atoms with Crippen molar-refractivity contribution in [3.63, 3.8) is 0 Å². The Balaban J connectivity index is 1.79. The molecule has 0 spiro atoms. The topological polar surface area (TPSA) is 101 Å². The maximum atomic E-state index is 13.5. The summed E-state index contributed by atoms with van der Waals surface area (Å²) in [6.45, 7) is 5.44. The maximum Gasteiger partial charge on any atom is 0.416 e. The van der Waals surface area contributed by atoms with Crippen molar-refractivity contribution in [2.24, 2.45) is 10.7 Å². The number of likely N-dealkylation sites (tertiary alicyclic amines) is 1. The molecule has 4 rings (SSSR count). The molecule has 0 bridgehead atoms. The number of nitrogens with zero attached hydrogens (tertiary/aromatic N) is 2. The third-order valence-corrected chi connectivity index (χ3v) is 6.68. The van der Waals surface area contributed by atoms with E-state index in [9.17, 15) is 13.2 Å². The van der Waals surface area contributed by atoms with Crippen molar-refractivity contribution < 1.29 is 17.9 Å². The molecule has 34 heavy (non-hydrogen) atoms. The van der Waals surface area contributed by atoms with Crippen LogP contribution in [0.15, 0.2) is 35.3 Å². The Morgan fingerprint density at radius 1 is 1.26 bits per heavy atom. The van der Waals surface area contributed by atoms with Crippen molar-refractivity contribution >= 4 is 22.9 Å². The Morgan fingerprint density at radius 3 is 2.62 bits per heavy atom. The van der Waals surface area contributed by atoms with Crippen LogP contribution in [0.25, 0.3) is 0 Å². The van der Waals surface area contributed by atoms with Gasteiger partial charge in [-0.3, -0.25) is 0 Å². The molecule has 0 aromatic heterocycles. The normalized spacial score (nSPS) is 23.6. The summed E-state index contributed by atoms with van der Waals surface area (Å²) in [6, 6.07) is 7.52. The van der Waals surface area contributed by atoms with Crippen LogP contribution in [-0.2, 0) is 11.8 Å². The number of anilines is 2.